The van der Waals surface area contributed by atoms with Gasteiger partial charge >= 0.3 is 12.1 Å². The summed E-state index contributed by atoms with van der Waals surface area (Å²) in [4.78, 5) is 13.6. The summed E-state index contributed by atoms with van der Waals surface area (Å²) >= 11 is 5.69. The van der Waals surface area contributed by atoms with Crippen LogP contribution in [0.5, 0.6) is 0 Å². The van der Waals surface area contributed by atoms with Crippen molar-refractivity contribution in [1.82, 2.24) is 4.98 Å². The Morgan fingerprint density at radius 1 is 1.39 bits per heavy atom. The van der Waals surface area contributed by atoms with Crippen LogP contribution in [0, 0.1) is 0 Å². The van der Waals surface area contributed by atoms with Gasteiger partial charge in [0, 0.05) is 15.9 Å². The van der Waals surface area contributed by atoms with Crippen molar-refractivity contribution in [3.05, 3.63) is 34.5 Å². The van der Waals surface area contributed by atoms with Gasteiger partial charge in [-0.15, -0.1) is 0 Å². The molecule has 2 aromatic rings. The summed E-state index contributed by atoms with van der Waals surface area (Å²) in [6.07, 6.45) is -4.67. The van der Waals surface area contributed by atoms with E-state index in [1.54, 1.807) is 0 Å². The minimum atomic E-state index is -4.67. The number of H-pyrrole nitrogens is 1. The number of halogens is 4. The van der Waals surface area contributed by atoms with Crippen molar-refractivity contribution in [2.75, 3.05) is 7.11 Å². The Morgan fingerprint density at radius 3 is 2.61 bits per heavy atom. The predicted octanol–water partition coefficient (Wildman–Crippen LogP) is 3.63. The highest BCUT2D eigenvalue weighted by molar-refractivity contribution is 6.31. The van der Waals surface area contributed by atoms with E-state index in [9.17, 15) is 18.0 Å². The molecule has 0 radical (unpaired) electrons. The molecule has 0 aliphatic heterocycles. The Morgan fingerprint density at radius 2 is 2.06 bits per heavy atom. The van der Waals surface area contributed by atoms with Gasteiger partial charge in [0.1, 0.15) is 5.69 Å². The van der Waals surface area contributed by atoms with Crippen LogP contribution in [0.15, 0.2) is 18.2 Å². The van der Waals surface area contributed by atoms with Gasteiger partial charge in [-0.2, -0.15) is 13.2 Å². The zero-order valence-corrected chi connectivity index (χ0v) is 9.82. The molecule has 0 saturated carbocycles. The molecule has 0 saturated heterocycles. The largest absolute Gasteiger partial charge is 0.465 e. The maximum Gasteiger partial charge on any atom is 0.432 e. The van der Waals surface area contributed by atoms with Crippen LogP contribution in [0.25, 0.3) is 10.9 Å². The lowest BCUT2D eigenvalue weighted by atomic mass is 10.1. The van der Waals surface area contributed by atoms with Gasteiger partial charge in [-0.1, -0.05) is 17.7 Å². The molecule has 1 heterocycles. The number of carbonyl (C=O) groups excluding carboxylic acids is 1. The lowest BCUT2D eigenvalue weighted by Gasteiger charge is -2.06. The minimum absolute atomic E-state index is 0.124. The predicted molar refractivity (Wildman–Crippen MR) is 59.7 cm³/mol. The molecule has 18 heavy (non-hydrogen) atoms. The highest BCUT2D eigenvalue weighted by atomic mass is 35.5. The Bertz CT molecular complexity index is 619. The number of esters is 1. The Labute approximate surface area is 104 Å². The van der Waals surface area contributed by atoms with E-state index in [1.807, 2.05) is 0 Å². The van der Waals surface area contributed by atoms with Crippen LogP contribution in [0.4, 0.5) is 13.2 Å². The summed E-state index contributed by atoms with van der Waals surface area (Å²) in [5.41, 5.74) is -1.53. The number of rotatable bonds is 1. The number of methoxy groups -OCH3 is 1. The first-order chi connectivity index (χ1) is 8.34. The fourth-order valence-electron chi connectivity index (χ4n) is 1.70. The van der Waals surface area contributed by atoms with E-state index < -0.39 is 23.4 Å². The van der Waals surface area contributed by atoms with E-state index in [-0.39, 0.29) is 15.9 Å². The van der Waals surface area contributed by atoms with Crippen LogP contribution in [0.1, 0.15) is 16.1 Å². The molecule has 0 aliphatic rings. The van der Waals surface area contributed by atoms with E-state index in [0.29, 0.717) is 0 Å². The molecule has 0 aliphatic carbocycles. The third-order valence-corrected chi connectivity index (χ3v) is 2.67. The molecule has 2 rings (SSSR count). The number of aromatic amines is 1. The third kappa shape index (κ3) is 2.03. The van der Waals surface area contributed by atoms with Crippen LogP contribution in [0.3, 0.4) is 0 Å². The molecule has 0 atom stereocenters. The van der Waals surface area contributed by atoms with Gasteiger partial charge < -0.3 is 9.72 Å². The van der Waals surface area contributed by atoms with E-state index in [0.717, 1.165) is 7.11 Å². The van der Waals surface area contributed by atoms with Crippen LogP contribution < -0.4 is 0 Å². The number of benzene rings is 1. The highest BCUT2D eigenvalue weighted by Crippen LogP contribution is 2.36. The average molecular weight is 278 g/mol. The van der Waals surface area contributed by atoms with Gasteiger partial charge in [-0.3, -0.25) is 0 Å². The van der Waals surface area contributed by atoms with Gasteiger partial charge in [0.2, 0.25) is 0 Å². The van der Waals surface area contributed by atoms with Crippen LogP contribution in [-0.2, 0) is 10.9 Å². The van der Waals surface area contributed by atoms with E-state index >= 15 is 0 Å². The monoisotopic (exact) mass is 277 g/mol. The number of hydrogen-bond donors (Lipinski definition) is 1. The Hall–Kier alpha value is -1.69. The molecule has 1 aromatic heterocycles. The molecule has 7 heteroatoms. The summed E-state index contributed by atoms with van der Waals surface area (Å²) in [6, 6.07) is 4.07. The summed E-state index contributed by atoms with van der Waals surface area (Å²) in [5.74, 6) is -1.05. The van der Waals surface area contributed by atoms with Gasteiger partial charge in [0.15, 0.2) is 0 Å². The fourth-order valence-corrected chi connectivity index (χ4v) is 1.87. The number of aromatic nitrogens is 1. The molecule has 1 aromatic carbocycles. The van der Waals surface area contributed by atoms with Crippen LogP contribution >= 0.6 is 11.6 Å². The van der Waals surface area contributed by atoms with Crippen LogP contribution in [-0.4, -0.2) is 18.1 Å². The molecule has 0 bridgehead atoms. The molecular weight excluding hydrogens is 271 g/mol. The Kier molecular flexibility index (Phi) is 2.98. The van der Waals surface area contributed by atoms with Gasteiger partial charge in [-0.05, 0) is 12.1 Å². The first-order valence-electron chi connectivity index (χ1n) is 4.81. The second kappa shape index (κ2) is 4.20. The molecule has 96 valence electrons. The van der Waals surface area contributed by atoms with E-state index in [1.165, 1.54) is 18.2 Å². The second-order valence-electron chi connectivity index (χ2n) is 3.55. The Balaban J connectivity index is 2.80. The van der Waals surface area contributed by atoms with Gasteiger partial charge in [0.25, 0.3) is 0 Å². The smallest absolute Gasteiger partial charge is 0.432 e. The lowest BCUT2D eigenvalue weighted by molar-refractivity contribution is -0.141. The standard InChI is InChI=1S/C11H7ClF3NO2/c1-18-10(17)8-6-3-2-5(12)4-7(6)16-9(8)11(13,14)15/h2-4,16H,1H3. The summed E-state index contributed by atoms with van der Waals surface area (Å²) in [5, 5.41) is 0.396. The zero-order valence-electron chi connectivity index (χ0n) is 9.06. The van der Waals surface area contributed by atoms with Crippen molar-refractivity contribution in [1.29, 1.82) is 0 Å². The number of ether oxygens (including phenoxy) is 1. The normalized spacial score (nSPS) is 11.8. The molecular formula is C11H7ClF3NO2. The average Bonchev–Trinajstić information content (AvgIpc) is 2.66. The maximum absolute atomic E-state index is 12.8. The molecule has 0 unspecified atom stereocenters. The number of carbonyl (C=O) groups is 1. The number of alkyl halides is 3. The summed E-state index contributed by atoms with van der Waals surface area (Å²) in [7, 11) is 1.03. The number of hydrogen-bond acceptors (Lipinski definition) is 2. The minimum Gasteiger partial charge on any atom is -0.465 e. The van der Waals surface area contributed by atoms with Crippen LogP contribution in [0.2, 0.25) is 5.02 Å². The molecule has 1 N–H and O–H groups in total. The number of fused-ring (bicyclic) bond motifs is 1. The second-order valence-corrected chi connectivity index (χ2v) is 3.99. The van der Waals surface area contributed by atoms with Crippen molar-refractivity contribution in [2.45, 2.75) is 6.18 Å². The molecule has 0 fully saturated rings. The van der Waals surface area contributed by atoms with Crippen molar-refractivity contribution >= 4 is 28.5 Å². The summed E-state index contributed by atoms with van der Waals surface area (Å²) < 4.78 is 42.8. The first kappa shape index (κ1) is 12.8. The summed E-state index contributed by atoms with van der Waals surface area (Å²) in [6.45, 7) is 0. The molecule has 0 amide bonds. The van der Waals surface area contributed by atoms with E-state index in [4.69, 9.17) is 11.6 Å². The van der Waals surface area contributed by atoms with Gasteiger partial charge in [-0.25, -0.2) is 4.79 Å². The van der Waals surface area contributed by atoms with Crippen molar-refractivity contribution < 1.29 is 22.7 Å². The first-order valence-corrected chi connectivity index (χ1v) is 5.19. The van der Waals surface area contributed by atoms with E-state index in [2.05, 4.69) is 9.72 Å². The van der Waals surface area contributed by atoms with Crippen molar-refractivity contribution in [3.8, 4) is 0 Å². The topological polar surface area (TPSA) is 42.1 Å². The fraction of sp³-hybridized carbons (Fsp3) is 0.182. The van der Waals surface area contributed by atoms with Crippen molar-refractivity contribution in [3.63, 3.8) is 0 Å². The highest BCUT2D eigenvalue weighted by Gasteiger charge is 2.39. The SMILES string of the molecule is COC(=O)c1c(C(F)(F)F)[nH]c2cc(Cl)ccc12. The quantitative estimate of drug-likeness (QED) is 0.809. The molecule has 0 spiro atoms. The molecule has 3 nitrogen and oxygen atoms in total. The van der Waals surface area contributed by atoms with Gasteiger partial charge in [0.05, 0.1) is 12.7 Å². The lowest BCUT2D eigenvalue weighted by Crippen LogP contribution is -2.13. The number of nitrogens with one attached hydrogen (secondary N) is 1. The zero-order chi connectivity index (χ0) is 13.5. The van der Waals surface area contributed by atoms with Crippen molar-refractivity contribution in [2.24, 2.45) is 0 Å². The maximum atomic E-state index is 12.8. The third-order valence-electron chi connectivity index (χ3n) is 2.43.